The van der Waals surface area contributed by atoms with Crippen LogP contribution in [-0.2, 0) is 12.3 Å². The third-order valence-electron chi connectivity index (χ3n) is 3.09. The molecule has 2 rings (SSSR count). The number of carbonyl (C=O) groups is 2. The maximum Gasteiger partial charge on any atom is 0.312 e. The molecule has 1 aromatic heterocycles. The number of hydrogen-bond donors (Lipinski definition) is 3. The van der Waals surface area contributed by atoms with E-state index in [1.807, 2.05) is 6.07 Å². The molecule has 5 nitrogen and oxygen atoms in total. The van der Waals surface area contributed by atoms with Gasteiger partial charge in [-0.15, -0.1) is 11.3 Å². The lowest BCUT2D eigenvalue weighted by molar-refractivity contribution is 0.0956. The normalized spacial score (nSPS) is 10.4. The molecule has 8 heteroatoms. The lowest BCUT2D eigenvalue weighted by atomic mass is 10.1. The van der Waals surface area contributed by atoms with Crippen LogP contribution in [0.15, 0.2) is 40.2 Å². The molecule has 0 aliphatic heterocycles. The van der Waals surface area contributed by atoms with Crippen molar-refractivity contribution in [3.05, 3.63) is 56.2 Å². The van der Waals surface area contributed by atoms with Crippen LogP contribution in [0.1, 0.15) is 20.8 Å². The van der Waals surface area contributed by atoms with E-state index in [0.29, 0.717) is 18.7 Å². The average Bonchev–Trinajstić information content (AvgIpc) is 2.98. The third-order valence-corrected chi connectivity index (χ3v) is 5.90. The van der Waals surface area contributed by atoms with Gasteiger partial charge >= 0.3 is 6.03 Å². The van der Waals surface area contributed by atoms with Crippen molar-refractivity contribution in [2.45, 2.75) is 12.3 Å². The molecular formula is C16H18BrN3O2S2. The van der Waals surface area contributed by atoms with Crippen LogP contribution in [0.5, 0.6) is 0 Å². The lowest BCUT2D eigenvalue weighted by Gasteiger charge is -2.06. The molecule has 24 heavy (non-hydrogen) atoms. The number of halogens is 1. The van der Waals surface area contributed by atoms with Gasteiger partial charge in [-0.1, -0.05) is 12.1 Å². The van der Waals surface area contributed by atoms with Crippen LogP contribution in [0.3, 0.4) is 0 Å². The minimum absolute atomic E-state index is 0.0936. The zero-order valence-electron chi connectivity index (χ0n) is 12.9. The highest BCUT2D eigenvalue weighted by Crippen LogP contribution is 2.25. The van der Waals surface area contributed by atoms with E-state index in [9.17, 15) is 9.59 Å². The number of hydrogen-bond acceptors (Lipinski definition) is 4. The Labute approximate surface area is 157 Å². The number of thiophene rings is 1. The van der Waals surface area contributed by atoms with Gasteiger partial charge in [0, 0.05) is 35.0 Å². The van der Waals surface area contributed by atoms with E-state index in [2.05, 4.69) is 32.6 Å². The Balaban J connectivity index is 1.67. The standard InChI is InChI=1S/C16H18BrN3O2S2/c17-14-6-5-13(24-14)10-23-8-7-19-15(21)12-3-1-11(2-4-12)9-20-16(18)22/h1-6H,7-10H2,(H,19,21)(H3,18,20,22). The van der Waals surface area contributed by atoms with Gasteiger partial charge in [0.25, 0.3) is 5.91 Å². The first kappa shape index (κ1) is 18.8. The summed E-state index contributed by atoms with van der Waals surface area (Å²) in [7, 11) is 0. The molecule has 0 unspecified atom stereocenters. The molecule has 0 atom stereocenters. The van der Waals surface area contributed by atoms with Crippen molar-refractivity contribution >= 4 is 51.0 Å². The Bertz CT molecular complexity index is 689. The van der Waals surface area contributed by atoms with Gasteiger partial charge in [0.1, 0.15) is 0 Å². The summed E-state index contributed by atoms with van der Waals surface area (Å²) < 4.78 is 1.14. The predicted molar refractivity (Wildman–Crippen MR) is 103 cm³/mol. The molecule has 0 saturated carbocycles. The Kier molecular flexibility index (Phi) is 7.61. The van der Waals surface area contributed by atoms with Crippen molar-refractivity contribution in [2.75, 3.05) is 12.3 Å². The molecule has 3 amide bonds. The summed E-state index contributed by atoms with van der Waals surface area (Å²) in [6.07, 6.45) is 0. The molecular weight excluding hydrogens is 410 g/mol. The van der Waals surface area contributed by atoms with E-state index in [1.165, 1.54) is 4.88 Å². The van der Waals surface area contributed by atoms with E-state index < -0.39 is 6.03 Å². The topological polar surface area (TPSA) is 84.2 Å². The summed E-state index contributed by atoms with van der Waals surface area (Å²) in [6.45, 7) is 0.980. The zero-order valence-corrected chi connectivity index (χ0v) is 16.1. The number of primary amides is 1. The summed E-state index contributed by atoms with van der Waals surface area (Å²) in [6, 6.07) is 10.7. The SMILES string of the molecule is NC(=O)NCc1ccc(C(=O)NCCSCc2ccc(Br)s2)cc1. The van der Waals surface area contributed by atoms with Crippen molar-refractivity contribution < 1.29 is 9.59 Å². The number of thioether (sulfide) groups is 1. The fourth-order valence-electron chi connectivity index (χ4n) is 1.90. The number of urea groups is 1. The van der Waals surface area contributed by atoms with Gasteiger partial charge in [-0.25, -0.2) is 4.79 Å². The first-order chi connectivity index (χ1) is 11.5. The molecule has 0 fully saturated rings. The second kappa shape index (κ2) is 9.71. The van der Waals surface area contributed by atoms with Crippen LogP contribution in [0.2, 0.25) is 0 Å². The predicted octanol–water partition coefficient (Wildman–Crippen LogP) is 3.34. The highest BCUT2D eigenvalue weighted by Gasteiger charge is 2.05. The molecule has 1 aromatic carbocycles. The summed E-state index contributed by atoms with van der Waals surface area (Å²) in [5, 5.41) is 5.41. The van der Waals surface area contributed by atoms with E-state index in [0.717, 1.165) is 20.9 Å². The van der Waals surface area contributed by atoms with Crippen LogP contribution in [0.25, 0.3) is 0 Å². The van der Waals surface area contributed by atoms with Crippen molar-refractivity contribution in [3.63, 3.8) is 0 Å². The molecule has 0 saturated heterocycles. The van der Waals surface area contributed by atoms with Crippen molar-refractivity contribution in [1.29, 1.82) is 0 Å². The van der Waals surface area contributed by atoms with Crippen LogP contribution in [0.4, 0.5) is 4.79 Å². The second-order valence-electron chi connectivity index (χ2n) is 4.93. The van der Waals surface area contributed by atoms with Gasteiger partial charge < -0.3 is 16.4 Å². The van der Waals surface area contributed by atoms with Crippen LogP contribution in [-0.4, -0.2) is 24.2 Å². The third kappa shape index (κ3) is 6.54. The Morgan fingerprint density at radius 2 is 1.88 bits per heavy atom. The monoisotopic (exact) mass is 427 g/mol. The molecule has 0 bridgehead atoms. The smallest absolute Gasteiger partial charge is 0.312 e. The first-order valence-electron chi connectivity index (χ1n) is 7.27. The maximum absolute atomic E-state index is 12.0. The van der Waals surface area contributed by atoms with Crippen LogP contribution in [0, 0.1) is 0 Å². The fourth-order valence-corrected chi connectivity index (χ4v) is 4.36. The summed E-state index contributed by atoms with van der Waals surface area (Å²) in [4.78, 5) is 24.0. The Hall–Kier alpha value is -1.51. The number of amides is 3. The largest absolute Gasteiger partial charge is 0.352 e. The van der Waals surface area contributed by atoms with Gasteiger partial charge in [-0.05, 0) is 45.8 Å². The van der Waals surface area contributed by atoms with E-state index in [1.54, 1.807) is 47.4 Å². The number of nitrogens with two attached hydrogens (primary N) is 1. The van der Waals surface area contributed by atoms with E-state index in [-0.39, 0.29) is 5.91 Å². The first-order valence-corrected chi connectivity index (χ1v) is 10.0. The zero-order chi connectivity index (χ0) is 17.4. The van der Waals surface area contributed by atoms with Gasteiger partial charge in [0.05, 0.1) is 3.79 Å². The molecule has 4 N–H and O–H groups in total. The summed E-state index contributed by atoms with van der Waals surface area (Å²) in [5.74, 6) is 1.72. The molecule has 2 aromatic rings. The van der Waals surface area contributed by atoms with Crippen molar-refractivity contribution in [2.24, 2.45) is 5.73 Å². The number of nitrogens with one attached hydrogen (secondary N) is 2. The molecule has 0 aliphatic rings. The van der Waals surface area contributed by atoms with Gasteiger partial charge in [0.2, 0.25) is 0 Å². The van der Waals surface area contributed by atoms with Gasteiger partial charge in [-0.2, -0.15) is 11.8 Å². The molecule has 0 aliphatic carbocycles. The highest BCUT2D eigenvalue weighted by atomic mass is 79.9. The highest BCUT2D eigenvalue weighted by molar-refractivity contribution is 9.11. The quantitative estimate of drug-likeness (QED) is 0.564. The fraction of sp³-hybridized carbons (Fsp3) is 0.250. The van der Waals surface area contributed by atoms with Gasteiger partial charge in [0.15, 0.2) is 0 Å². The minimum Gasteiger partial charge on any atom is -0.352 e. The number of carbonyl (C=O) groups excluding carboxylic acids is 2. The molecule has 0 spiro atoms. The van der Waals surface area contributed by atoms with Crippen molar-refractivity contribution in [1.82, 2.24) is 10.6 Å². The number of benzene rings is 1. The Morgan fingerprint density at radius 3 is 2.50 bits per heavy atom. The molecule has 128 valence electrons. The molecule has 1 heterocycles. The van der Waals surface area contributed by atoms with Crippen LogP contribution < -0.4 is 16.4 Å². The van der Waals surface area contributed by atoms with Gasteiger partial charge in [-0.3, -0.25) is 4.79 Å². The number of rotatable bonds is 8. The molecule has 0 radical (unpaired) electrons. The second-order valence-corrected chi connectivity index (χ2v) is 8.58. The lowest BCUT2D eigenvalue weighted by Crippen LogP contribution is -2.28. The van der Waals surface area contributed by atoms with Crippen molar-refractivity contribution in [3.8, 4) is 0 Å². The summed E-state index contributed by atoms with van der Waals surface area (Å²) >= 11 is 6.97. The summed E-state index contributed by atoms with van der Waals surface area (Å²) in [5.41, 5.74) is 6.51. The van der Waals surface area contributed by atoms with Crippen LogP contribution >= 0.6 is 39.0 Å². The maximum atomic E-state index is 12.0. The Morgan fingerprint density at radius 1 is 1.12 bits per heavy atom. The van der Waals surface area contributed by atoms with E-state index in [4.69, 9.17) is 5.73 Å². The van der Waals surface area contributed by atoms with E-state index >= 15 is 0 Å². The average molecular weight is 428 g/mol. The minimum atomic E-state index is -0.566.